The molecule has 74 valence electrons. The lowest BCUT2D eigenvalue weighted by molar-refractivity contribution is 0.411. The average Bonchev–Trinajstić information content (AvgIpc) is 2.49. The van der Waals surface area contributed by atoms with Gasteiger partial charge in [0.15, 0.2) is 5.65 Å². The predicted molar refractivity (Wildman–Crippen MR) is 56.1 cm³/mol. The molecule has 0 saturated carbocycles. The number of aromatic nitrogens is 3. The number of imidazole rings is 1. The maximum absolute atomic E-state index is 4.30. The van der Waals surface area contributed by atoms with Gasteiger partial charge in [0, 0.05) is 18.6 Å². The van der Waals surface area contributed by atoms with E-state index >= 15 is 0 Å². The van der Waals surface area contributed by atoms with Crippen molar-refractivity contribution < 1.29 is 0 Å². The monoisotopic (exact) mass is 189 g/mol. The van der Waals surface area contributed by atoms with Crippen molar-refractivity contribution in [2.45, 2.75) is 27.2 Å². The third-order valence-electron chi connectivity index (χ3n) is 2.10. The van der Waals surface area contributed by atoms with Crippen LogP contribution in [0, 0.1) is 5.41 Å². The van der Waals surface area contributed by atoms with Gasteiger partial charge in [-0.3, -0.25) is 0 Å². The molecule has 0 fully saturated rings. The minimum absolute atomic E-state index is 0.286. The van der Waals surface area contributed by atoms with Crippen molar-refractivity contribution in [2.24, 2.45) is 5.41 Å². The van der Waals surface area contributed by atoms with Crippen LogP contribution in [-0.4, -0.2) is 14.6 Å². The molecular weight excluding hydrogens is 174 g/mol. The van der Waals surface area contributed by atoms with Gasteiger partial charge < -0.3 is 0 Å². The highest BCUT2D eigenvalue weighted by Gasteiger charge is 2.14. The summed E-state index contributed by atoms with van der Waals surface area (Å²) in [6.45, 7) is 6.69. The van der Waals surface area contributed by atoms with Crippen molar-refractivity contribution in [3.05, 3.63) is 30.2 Å². The molecule has 0 amide bonds. The van der Waals surface area contributed by atoms with Crippen molar-refractivity contribution in [1.29, 1.82) is 0 Å². The summed E-state index contributed by atoms with van der Waals surface area (Å²) >= 11 is 0. The molecule has 0 radical (unpaired) electrons. The molecular formula is C11H15N3. The highest BCUT2D eigenvalue weighted by molar-refractivity contribution is 5.46. The first-order chi connectivity index (χ1) is 6.56. The predicted octanol–water partition coefficient (Wildman–Crippen LogP) is 2.32. The molecule has 3 heteroatoms. The summed E-state index contributed by atoms with van der Waals surface area (Å²) in [5, 5.41) is 4.19. The van der Waals surface area contributed by atoms with Gasteiger partial charge in [0.25, 0.3) is 0 Å². The van der Waals surface area contributed by atoms with E-state index in [-0.39, 0.29) is 5.41 Å². The summed E-state index contributed by atoms with van der Waals surface area (Å²) in [4.78, 5) is 4.30. The van der Waals surface area contributed by atoms with Crippen molar-refractivity contribution >= 4 is 5.65 Å². The Bertz CT molecular complexity index is 437. The van der Waals surface area contributed by atoms with Crippen LogP contribution in [0.3, 0.4) is 0 Å². The lowest BCUT2D eigenvalue weighted by Gasteiger charge is -2.17. The van der Waals surface area contributed by atoms with Gasteiger partial charge in [0.1, 0.15) is 0 Å². The fourth-order valence-corrected chi connectivity index (χ4v) is 1.60. The molecule has 0 atom stereocenters. The molecule has 0 N–H and O–H groups in total. The van der Waals surface area contributed by atoms with Crippen molar-refractivity contribution in [3.63, 3.8) is 0 Å². The second-order valence-corrected chi connectivity index (χ2v) is 4.79. The fourth-order valence-electron chi connectivity index (χ4n) is 1.60. The molecule has 0 aliphatic heterocycles. The van der Waals surface area contributed by atoms with Crippen LogP contribution in [0.25, 0.3) is 5.65 Å². The van der Waals surface area contributed by atoms with E-state index in [9.17, 15) is 0 Å². The Hall–Kier alpha value is -1.38. The zero-order valence-electron chi connectivity index (χ0n) is 8.86. The molecule has 2 aromatic heterocycles. The van der Waals surface area contributed by atoms with Crippen LogP contribution in [0.5, 0.6) is 0 Å². The molecule has 2 heterocycles. The molecule has 3 nitrogen and oxygen atoms in total. The van der Waals surface area contributed by atoms with Gasteiger partial charge in [0.2, 0.25) is 0 Å². The SMILES string of the molecule is CC(C)(C)Cc1ccnn2ccnc12. The van der Waals surface area contributed by atoms with E-state index in [1.807, 2.05) is 23.0 Å². The Balaban J connectivity index is 2.46. The lowest BCUT2D eigenvalue weighted by atomic mass is 9.89. The van der Waals surface area contributed by atoms with Gasteiger partial charge in [-0.2, -0.15) is 5.10 Å². The Morgan fingerprint density at radius 1 is 1.29 bits per heavy atom. The van der Waals surface area contributed by atoms with Gasteiger partial charge in [-0.05, 0) is 23.5 Å². The Morgan fingerprint density at radius 3 is 2.79 bits per heavy atom. The normalized spacial score (nSPS) is 12.2. The van der Waals surface area contributed by atoms with Crippen LogP contribution in [0.1, 0.15) is 26.3 Å². The Morgan fingerprint density at radius 2 is 2.07 bits per heavy atom. The zero-order chi connectivity index (χ0) is 10.2. The topological polar surface area (TPSA) is 30.2 Å². The molecule has 0 aliphatic carbocycles. The summed E-state index contributed by atoms with van der Waals surface area (Å²) in [5.74, 6) is 0. The van der Waals surface area contributed by atoms with Crippen LogP contribution in [0.15, 0.2) is 24.7 Å². The largest absolute Gasteiger partial charge is 0.235 e. The summed E-state index contributed by atoms with van der Waals surface area (Å²) in [6.07, 6.45) is 6.52. The Labute approximate surface area is 83.8 Å². The van der Waals surface area contributed by atoms with Gasteiger partial charge in [-0.15, -0.1) is 0 Å². The quantitative estimate of drug-likeness (QED) is 0.689. The number of nitrogens with zero attached hydrogens (tertiary/aromatic N) is 3. The Kier molecular flexibility index (Phi) is 2.02. The molecule has 0 spiro atoms. The summed E-state index contributed by atoms with van der Waals surface area (Å²) in [7, 11) is 0. The van der Waals surface area contributed by atoms with E-state index in [0.717, 1.165) is 12.1 Å². The number of hydrogen-bond acceptors (Lipinski definition) is 2. The maximum Gasteiger partial charge on any atom is 0.156 e. The minimum Gasteiger partial charge on any atom is -0.235 e. The van der Waals surface area contributed by atoms with Crippen LogP contribution in [-0.2, 0) is 6.42 Å². The van der Waals surface area contributed by atoms with Crippen LogP contribution in [0.2, 0.25) is 0 Å². The first-order valence-electron chi connectivity index (χ1n) is 4.83. The summed E-state index contributed by atoms with van der Waals surface area (Å²) < 4.78 is 1.82. The van der Waals surface area contributed by atoms with E-state index in [4.69, 9.17) is 0 Å². The summed E-state index contributed by atoms with van der Waals surface area (Å²) in [5.41, 5.74) is 2.52. The average molecular weight is 189 g/mol. The van der Waals surface area contributed by atoms with Gasteiger partial charge in [-0.25, -0.2) is 9.50 Å². The van der Waals surface area contributed by atoms with Crippen LogP contribution < -0.4 is 0 Å². The molecule has 0 aromatic carbocycles. The van der Waals surface area contributed by atoms with Gasteiger partial charge >= 0.3 is 0 Å². The minimum atomic E-state index is 0.286. The third kappa shape index (κ3) is 1.76. The molecule has 0 saturated heterocycles. The van der Waals surface area contributed by atoms with E-state index in [0.29, 0.717) is 0 Å². The zero-order valence-corrected chi connectivity index (χ0v) is 8.86. The maximum atomic E-state index is 4.30. The highest BCUT2D eigenvalue weighted by Crippen LogP contribution is 2.22. The van der Waals surface area contributed by atoms with Crippen LogP contribution >= 0.6 is 0 Å². The second-order valence-electron chi connectivity index (χ2n) is 4.79. The molecule has 0 unspecified atom stereocenters. The number of rotatable bonds is 1. The second kappa shape index (κ2) is 3.08. The smallest absolute Gasteiger partial charge is 0.156 e. The van der Waals surface area contributed by atoms with E-state index in [2.05, 4.69) is 30.9 Å². The van der Waals surface area contributed by atoms with Crippen LogP contribution in [0.4, 0.5) is 0 Å². The van der Waals surface area contributed by atoms with Gasteiger partial charge in [0.05, 0.1) is 0 Å². The molecule has 0 bridgehead atoms. The molecule has 0 aliphatic rings. The third-order valence-corrected chi connectivity index (χ3v) is 2.10. The van der Waals surface area contributed by atoms with Gasteiger partial charge in [-0.1, -0.05) is 20.8 Å². The van der Waals surface area contributed by atoms with Crippen molar-refractivity contribution in [1.82, 2.24) is 14.6 Å². The number of fused-ring (bicyclic) bond motifs is 1. The lowest BCUT2D eigenvalue weighted by Crippen LogP contribution is -2.10. The van der Waals surface area contributed by atoms with E-state index in [1.54, 1.807) is 6.20 Å². The highest BCUT2D eigenvalue weighted by atomic mass is 15.2. The van der Waals surface area contributed by atoms with Crippen molar-refractivity contribution in [2.75, 3.05) is 0 Å². The fraction of sp³-hybridized carbons (Fsp3) is 0.455. The first-order valence-corrected chi connectivity index (χ1v) is 4.83. The molecule has 14 heavy (non-hydrogen) atoms. The first kappa shape index (κ1) is 9.19. The number of hydrogen-bond donors (Lipinski definition) is 0. The van der Waals surface area contributed by atoms with E-state index < -0.39 is 0 Å². The molecule has 2 aromatic rings. The van der Waals surface area contributed by atoms with E-state index in [1.165, 1.54) is 5.56 Å². The summed E-state index contributed by atoms with van der Waals surface area (Å²) in [6, 6.07) is 2.05. The molecule has 2 rings (SSSR count). The standard InChI is InChI=1S/C11H15N3/c1-11(2,3)8-9-4-5-13-14-7-6-12-10(9)14/h4-7H,8H2,1-3H3. The van der Waals surface area contributed by atoms with Crippen molar-refractivity contribution in [3.8, 4) is 0 Å².